The molecule has 22 heavy (non-hydrogen) atoms. The van der Waals surface area contributed by atoms with E-state index >= 15 is 0 Å². The van der Waals surface area contributed by atoms with Crippen LogP contribution < -0.4 is 0 Å². The van der Waals surface area contributed by atoms with Gasteiger partial charge in [-0.25, -0.2) is 0 Å². The van der Waals surface area contributed by atoms with Gasteiger partial charge in [0, 0.05) is 0 Å². The average Bonchev–Trinajstić information content (AvgIpc) is 2.28. The number of rotatable bonds is 3. The van der Waals surface area contributed by atoms with E-state index in [2.05, 4.69) is 41.5 Å². The number of carbonyl (C=O) groups is 1. The van der Waals surface area contributed by atoms with E-state index in [1.54, 1.807) is 6.92 Å². The van der Waals surface area contributed by atoms with Crippen LogP contribution in [-0.4, -0.2) is 17.7 Å². The first-order valence-corrected chi connectivity index (χ1v) is 7.49. The third kappa shape index (κ3) is 5.04. The van der Waals surface area contributed by atoms with Gasteiger partial charge >= 0.3 is 5.97 Å². The number of phenolic OH excluding ortho intramolecular Hbond substituents is 1. The summed E-state index contributed by atoms with van der Waals surface area (Å²) in [4.78, 5) is 11.7. The summed E-state index contributed by atoms with van der Waals surface area (Å²) in [6.07, 6.45) is 0.236. The number of carbonyl (C=O) groups excluding carboxylic acids is 1. The molecule has 1 N–H and O–H groups in total. The Bertz CT molecular complexity index is 481. The summed E-state index contributed by atoms with van der Waals surface area (Å²) in [5.41, 5.74) is 2.26. The lowest BCUT2D eigenvalue weighted by Crippen LogP contribution is -2.19. The molecule has 3 heteroatoms. The molecule has 0 aliphatic heterocycles. The van der Waals surface area contributed by atoms with Crippen molar-refractivity contribution in [3.05, 3.63) is 28.8 Å². The fraction of sp³-hybridized carbons (Fsp3) is 0.632. The maximum Gasteiger partial charge on any atom is 0.310 e. The maximum absolute atomic E-state index is 11.7. The van der Waals surface area contributed by atoms with Crippen molar-refractivity contribution in [1.82, 2.24) is 0 Å². The summed E-state index contributed by atoms with van der Waals surface area (Å²) in [5.74, 6) is 0.102. The number of benzene rings is 1. The van der Waals surface area contributed by atoms with Crippen molar-refractivity contribution in [3.8, 4) is 5.75 Å². The monoisotopic (exact) mass is 308 g/mol. The van der Waals surface area contributed by atoms with Crippen LogP contribution >= 0.6 is 0 Å². The van der Waals surface area contributed by atoms with Gasteiger partial charge < -0.3 is 9.84 Å². The predicted molar refractivity (Wildman–Crippen MR) is 92.6 cm³/mol. The fourth-order valence-electron chi connectivity index (χ4n) is 2.32. The van der Waals surface area contributed by atoms with E-state index < -0.39 is 0 Å². The second-order valence-electron chi connectivity index (χ2n) is 7.52. The molecule has 0 amide bonds. The molecule has 0 bridgehead atoms. The first-order chi connectivity index (χ1) is 9.46. The highest BCUT2D eigenvalue weighted by atomic mass is 16.5. The van der Waals surface area contributed by atoms with E-state index in [0.29, 0.717) is 12.4 Å². The zero-order valence-electron chi connectivity index (χ0n) is 14.3. The van der Waals surface area contributed by atoms with E-state index in [4.69, 9.17) is 4.74 Å². The lowest BCUT2D eigenvalue weighted by molar-refractivity contribution is -0.142. The summed E-state index contributed by atoms with van der Waals surface area (Å²) in [6, 6.07) is 3.84. The summed E-state index contributed by atoms with van der Waals surface area (Å²) in [7, 11) is 0. The molecule has 1 aromatic rings. The summed E-state index contributed by atoms with van der Waals surface area (Å²) < 4.78 is 5.03. The molecule has 0 radical (unpaired) electrons. The van der Waals surface area contributed by atoms with Crippen LogP contribution in [-0.2, 0) is 26.8 Å². The molecule has 0 fully saturated rings. The van der Waals surface area contributed by atoms with Crippen LogP contribution in [0.15, 0.2) is 12.1 Å². The number of hydrogen-bond donors (Lipinski definition) is 1. The minimum atomic E-state index is -0.233. The summed E-state index contributed by atoms with van der Waals surface area (Å²) in [6.45, 7) is 14.5. The van der Waals surface area contributed by atoms with Crippen LogP contribution in [0.3, 0.4) is 0 Å². The van der Waals surface area contributed by atoms with Gasteiger partial charge in [0.2, 0.25) is 0 Å². The van der Waals surface area contributed by atoms with Gasteiger partial charge in [0.1, 0.15) is 5.75 Å². The Hall–Kier alpha value is -1.51. The number of esters is 1. The Morgan fingerprint density at radius 1 is 1.05 bits per heavy atom. The highest BCUT2D eigenvalue weighted by Crippen LogP contribution is 2.39. The molecule has 0 atom stereocenters. The van der Waals surface area contributed by atoms with E-state index in [1.165, 1.54) is 0 Å². The van der Waals surface area contributed by atoms with Gasteiger partial charge in [-0.2, -0.15) is 0 Å². The van der Waals surface area contributed by atoms with Crippen LogP contribution in [0.1, 0.15) is 72.6 Å². The van der Waals surface area contributed by atoms with Gasteiger partial charge in [-0.05, 0) is 34.4 Å². The van der Waals surface area contributed by atoms with E-state index in [0.717, 1.165) is 16.7 Å². The number of ether oxygens (including phenoxy) is 1. The standard InChI is InChI=1S/C18H28O3.CH4/c1-8-21-15(19)11-12-9-13(17(2,3)4)16(20)14(10-12)18(5,6)7;/h9-10,20H,8,11H2,1-7H3;1H4. The molecule has 0 aromatic heterocycles. The third-order valence-electron chi connectivity index (χ3n) is 3.44. The number of hydrogen-bond acceptors (Lipinski definition) is 3. The number of aromatic hydroxyl groups is 1. The molecule has 0 aliphatic carbocycles. The Balaban J connectivity index is 0.00000441. The highest BCUT2D eigenvalue weighted by Gasteiger charge is 2.26. The molecular formula is C19H32O3. The van der Waals surface area contributed by atoms with Gasteiger partial charge in [0.05, 0.1) is 13.0 Å². The summed E-state index contributed by atoms with van der Waals surface area (Å²) >= 11 is 0. The molecule has 0 saturated heterocycles. The van der Waals surface area contributed by atoms with Gasteiger partial charge in [0.25, 0.3) is 0 Å². The van der Waals surface area contributed by atoms with Crippen molar-refractivity contribution >= 4 is 5.97 Å². The Labute approximate surface area is 135 Å². The molecule has 1 rings (SSSR count). The zero-order valence-corrected chi connectivity index (χ0v) is 14.3. The molecule has 0 heterocycles. The minimum Gasteiger partial charge on any atom is -0.507 e. The van der Waals surface area contributed by atoms with Crippen molar-refractivity contribution in [2.45, 2.75) is 73.1 Å². The summed E-state index contributed by atoms with van der Waals surface area (Å²) in [5, 5.41) is 10.6. The molecule has 0 saturated carbocycles. The van der Waals surface area contributed by atoms with Crippen molar-refractivity contribution in [3.63, 3.8) is 0 Å². The number of phenols is 1. The van der Waals surface area contributed by atoms with Crippen molar-refractivity contribution in [2.75, 3.05) is 6.61 Å². The van der Waals surface area contributed by atoms with Crippen molar-refractivity contribution < 1.29 is 14.6 Å². The van der Waals surface area contributed by atoms with Gasteiger partial charge in [-0.1, -0.05) is 61.1 Å². The van der Waals surface area contributed by atoms with Gasteiger partial charge in [-0.3, -0.25) is 4.79 Å². The van der Waals surface area contributed by atoms with E-state index in [-0.39, 0.29) is 30.6 Å². The van der Waals surface area contributed by atoms with Crippen LogP contribution in [0.2, 0.25) is 0 Å². The Morgan fingerprint density at radius 3 is 1.77 bits per heavy atom. The Kier molecular flexibility index (Phi) is 6.68. The zero-order chi connectivity index (χ0) is 16.4. The molecule has 3 nitrogen and oxygen atoms in total. The third-order valence-corrected chi connectivity index (χ3v) is 3.44. The lowest BCUT2D eigenvalue weighted by atomic mass is 9.78. The van der Waals surface area contributed by atoms with Crippen LogP contribution in [0, 0.1) is 0 Å². The van der Waals surface area contributed by atoms with Gasteiger partial charge in [-0.15, -0.1) is 0 Å². The first kappa shape index (κ1) is 20.5. The minimum absolute atomic E-state index is 0. The fourth-order valence-corrected chi connectivity index (χ4v) is 2.32. The van der Waals surface area contributed by atoms with Crippen LogP contribution in [0.25, 0.3) is 0 Å². The molecule has 0 spiro atoms. The second-order valence-corrected chi connectivity index (χ2v) is 7.52. The molecule has 0 aliphatic rings. The smallest absolute Gasteiger partial charge is 0.310 e. The molecule has 126 valence electrons. The quantitative estimate of drug-likeness (QED) is 0.821. The lowest BCUT2D eigenvalue weighted by Gasteiger charge is -2.28. The molecular weight excluding hydrogens is 276 g/mol. The highest BCUT2D eigenvalue weighted by molar-refractivity contribution is 5.73. The van der Waals surface area contributed by atoms with Crippen LogP contribution in [0.5, 0.6) is 5.75 Å². The topological polar surface area (TPSA) is 46.5 Å². The van der Waals surface area contributed by atoms with Crippen LogP contribution in [0.4, 0.5) is 0 Å². The maximum atomic E-state index is 11.7. The molecule has 1 aromatic carbocycles. The van der Waals surface area contributed by atoms with Crippen molar-refractivity contribution in [2.24, 2.45) is 0 Å². The first-order valence-electron chi connectivity index (χ1n) is 7.49. The Morgan fingerprint density at radius 2 is 1.45 bits per heavy atom. The predicted octanol–water partition coefficient (Wildman–Crippen LogP) is 4.73. The second kappa shape index (κ2) is 7.17. The van der Waals surface area contributed by atoms with Gasteiger partial charge in [0.15, 0.2) is 0 Å². The normalized spacial score (nSPS) is 11.8. The van der Waals surface area contributed by atoms with E-state index in [9.17, 15) is 9.90 Å². The SMILES string of the molecule is C.CCOC(=O)Cc1cc(C(C)(C)C)c(O)c(C(C)(C)C)c1. The van der Waals surface area contributed by atoms with Crippen molar-refractivity contribution in [1.29, 1.82) is 0 Å². The average molecular weight is 308 g/mol. The van der Waals surface area contributed by atoms with E-state index in [1.807, 2.05) is 12.1 Å². The molecule has 0 unspecified atom stereocenters. The largest absolute Gasteiger partial charge is 0.507 e.